The number of hydrogen-bond donors (Lipinski definition) is 2. The minimum Gasteiger partial charge on any atom is -0.483 e. The molecule has 6 nitrogen and oxygen atoms in total. The van der Waals surface area contributed by atoms with Crippen molar-refractivity contribution in [2.24, 2.45) is 5.10 Å². The van der Waals surface area contributed by atoms with Gasteiger partial charge in [-0.15, -0.1) is 0 Å². The molecule has 0 fully saturated rings. The third-order valence-electron chi connectivity index (χ3n) is 4.22. The van der Waals surface area contributed by atoms with Crippen LogP contribution in [0, 0.1) is 6.92 Å². The van der Waals surface area contributed by atoms with Gasteiger partial charge >= 0.3 is 0 Å². The van der Waals surface area contributed by atoms with E-state index < -0.39 is 0 Å². The summed E-state index contributed by atoms with van der Waals surface area (Å²) in [6.07, 6.45) is 1.45. The van der Waals surface area contributed by atoms with Crippen LogP contribution in [0.3, 0.4) is 0 Å². The molecule has 0 aliphatic carbocycles. The lowest BCUT2D eigenvalue weighted by Crippen LogP contribution is -2.20. The molecule has 0 saturated carbocycles. The normalized spacial score (nSPS) is 10.8. The Balaban J connectivity index is 1.62. The van der Waals surface area contributed by atoms with Gasteiger partial charge in [-0.05, 0) is 55.5 Å². The molecule has 3 aromatic carbocycles. The summed E-state index contributed by atoms with van der Waals surface area (Å²) in [6, 6.07) is 17.2. The second-order valence-corrected chi connectivity index (χ2v) is 8.44. The Morgan fingerprint density at radius 2 is 1.78 bits per heavy atom. The van der Waals surface area contributed by atoms with Crippen LogP contribution >= 0.6 is 39.1 Å². The number of anilines is 1. The number of nitrogens with zero attached hydrogens (tertiary/aromatic N) is 1. The van der Waals surface area contributed by atoms with Crippen molar-refractivity contribution in [1.29, 1.82) is 0 Å². The molecule has 0 unspecified atom stereocenters. The highest BCUT2D eigenvalue weighted by Crippen LogP contribution is 2.25. The van der Waals surface area contributed by atoms with Crippen molar-refractivity contribution in [3.05, 3.63) is 91.9 Å². The van der Waals surface area contributed by atoms with Gasteiger partial charge < -0.3 is 10.1 Å². The SMILES string of the molecule is Cc1ccc(C(=O)N/N=C/c2cc(Br)ccc2OCC(=O)Nc2ccc(Cl)c(Cl)c2)cc1. The molecule has 0 aliphatic heterocycles. The predicted octanol–water partition coefficient (Wildman–Crippen LogP) is 5.85. The molecule has 9 heteroatoms. The molecule has 2 amide bonds. The lowest BCUT2D eigenvalue weighted by Gasteiger charge is -2.10. The highest BCUT2D eigenvalue weighted by molar-refractivity contribution is 9.10. The number of benzene rings is 3. The van der Waals surface area contributed by atoms with Gasteiger partial charge in [-0.2, -0.15) is 5.10 Å². The first-order valence-electron chi connectivity index (χ1n) is 9.39. The van der Waals surface area contributed by atoms with Crippen LogP contribution < -0.4 is 15.5 Å². The van der Waals surface area contributed by atoms with Gasteiger partial charge in [0.2, 0.25) is 0 Å². The van der Waals surface area contributed by atoms with E-state index in [1.165, 1.54) is 6.21 Å². The summed E-state index contributed by atoms with van der Waals surface area (Å²) < 4.78 is 6.43. The summed E-state index contributed by atoms with van der Waals surface area (Å²) in [7, 11) is 0. The zero-order valence-electron chi connectivity index (χ0n) is 16.9. The van der Waals surface area contributed by atoms with E-state index in [0.29, 0.717) is 32.6 Å². The topological polar surface area (TPSA) is 79.8 Å². The van der Waals surface area contributed by atoms with Crippen molar-refractivity contribution in [2.75, 3.05) is 11.9 Å². The molecule has 2 N–H and O–H groups in total. The Kier molecular flexibility index (Phi) is 8.27. The molecular formula is C23H18BrCl2N3O3. The van der Waals surface area contributed by atoms with Crippen LogP contribution in [0.2, 0.25) is 10.0 Å². The summed E-state index contributed by atoms with van der Waals surface area (Å²) in [5.74, 6) is -0.285. The van der Waals surface area contributed by atoms with E-state index in [2.05, 4.69) is 31.8 Å². The van der Waals surface area contributed by atoms with Gasteiger partial charge in [0.15, 0.2) is 6.61 Å². The van der Waals surface area contributed by atoms with Gasteiger partial charge in [0, 0.05) is 21.3 Å². The number of ether oxygens (including phenoxy) is 1. The molecule has 0 spiro atoms. The maximum absolute atomic E-state index is 12.2. The van der Waals surface area contributed by atoms with Gasteiger partial charge in [0.05, 0.1) is 16.3 Å². The van der Waals surface area contributed by atoms with Crippen molar-refractivity contribution in [2.45, 2.75) is 6.92 Å². The van der Waals surface area contributed by atoms with Crippen LogP contribution in [0.25, 0.3) is 0 Å². The predicted molar refractivity (Wildman–Crippen MR) is 131 cm³/mol. The average molecular weight is 535 g/mol. The number of nitrogens with one attached hydrogen (secondary N) is 2. The summed E-state index contributed by atoms with van der Waals surface area (Å²) in [4.78, 5) is 24.4. The molecule has 3 rings (SSSR count). The second kappa shape index (κ2) is 11.1. The summed E-state index contributed by atoms with van der Waals surface area (Å²) in [5, 5.41) is 7.42. The summed E-state index contributed by atoms with van der Waals surface area (Å²) >= 11 is 15.2. The number of hydrazone groups is 1. The highest BCUT2D eigenvalue weighted by Gasteiger charge is 2.09. The molecular weight excluding hydrogens is 517 g/mol. The molecule has 0 heterocycles. The fraction of sp³-hybridized carbons (Fsp3) is 0.0870. The Hall–Kier alpha value is -2.87. The van der Waals surface area contributed by atoms with Crippen LogP contribution in [0.1, 0.15) is 21.5 Å². The fourth-order valence-corrected chi connectivity index (χ4v) is 3.27. The Morgan fingerprint density at radius 1 is 1.03 bits per heavy atom. The van der Waals surface area contributed by atoms with Crippen LogP contribution in [-0.2, 0) is 4.79 Å². The van der Waals surface area contributed by atoms with E-state index in [9.17, 15) is 9.59 Å². The largest absolute Gasteiger partial charge is 0.483 e. The molecule has 32 heavy (non-hydrogen) atoms. The first kappa shape index (κ1) is 23.8. The number of aryl methyl sites for hydroxylation is 1. The summed E-state index contributed by atoms with van der Waals surface area (Å²) in [5.41, 5.74) is 5.11. The number of rotatable bonds is 7. The standard InChI is InChI=1S/C23H18BrCl2N3O3/c1-14-2-4-15(5-3-14)23(31)29-27-12-16-10-17(24)6-9-21(16)32-13-22(30)28-18-7-8-19(25)20(26)11-18/h2-12H,13H2,1H3,(H,28,30)(H,29,31)/b27-12+. The smallest absolute Gasteiger partial charge is 0.271 e. The summed E-state index contributed by atoms with van der Waals surface area (Å²) in [6.45, 7) is 1.71. The zero-order chi connectivity index (χ0) is 23.1. The lowest BCUT2D eigenvalue weighted by atomic mass is 10.1. The van der Waals surface area contributed by atoms with Crippen LogP contribution in [0.15, 0.2) is 70.2 Å². The van der Waals surface area contributed by atoms with Crippen LogP contribution in [0.5, 0.6) is 5.75 Å². The van der Waals surface area contributed by atoms with E-state index in [1.807, 2.05) is 19.1 Å². The Labute approximate surface area is 203 Å². The van der Waals surface area contributed by atoms with Gasteiger partial charge in [-0.3, -0.25) is 9.59 Å². The van der Waals surface area contributed by atoms with E-state index in [0.717, 1.165) is 10.0 Å². The van der Waals surface area contributed by atoms with E-state index >= 15 is 0 Å². The van der Waals surface area contributed by atoms with E-state index in [1.54, 1.807) is 48.5 Å². The number of carbonyl (C=O) groups is 2. The van der Waals surface area contributed by atoms with Crippen molar-refractivity contribution in [3.63, 3.8) is 0 Å². The minimum atomic E-state index is -0.373. The fourth-order valence-electron chi connectivity index (χ4n) is 2.60. The number of halogens is 3. The minimum absolute atomic E-state index is 0.238. The van der Waals surface area contributed by atoms with Gasteiger partial charge in [0.1, 0.15) is 5.75 Å². The Morgan fingerprint density at radius 3 is 2.50 bits per heavy atom. The zero-order valence-corrected chi connectivity index (χ0v) is 20.0. The quantitative estimate of drug-likeness (QED) is 0.295. The number of amides is 2. The molecule has 3 aromatic rings. The van der Waals surface area contributed by atoms with Gasteiger partial charge in [-0.1, -0.05) is 56.8 Å². The molecule has 0 atom stereocenters. The molecule has 0 bridgehead atoms. The monoisotopic (exact) mass is 533 g/mol. The van der Waals surface area contributed by atoms with Crippen molar-refractivity contribution >= 4 is 62.8 Å². The van der Waals surface area contributed by atoms with Crippen LogP contribution in [-0.4, -0.2) is 24.6 Å². The van der Waals surface area contributed by atoms with Crippen LogP contribution in [0.4, 0.5) is 5.69 Å². The van der Waals surface area contributed by atoms with Gasteiger partial charge in [-0.25, -0.2) is 5.43 Å². The lowest BCUT2D eigenvalue weighted by molar-refractivity contribution is -0.118. The molecule has 164 valence electrons. The average Bonchev–Trinajstić information content (AvgIpc) is 2.76. The molecule has 0 saturated heterocycles. The molecule has 0 aliphatic rings. The van der Waals surface area contributed by atoms with Crippen molar-refractivity contribution in [1.82, 2.24) is 5.43 Å². The van der Waals surface area contributed by atoms with E-state index in [-0.39, 0.29) is 18.4 Å². The number of carbonyl (C=O) groups excluding carboxylic acids is 2. The maximum atomic E-state index is 12.2. The first-order chi connectivity index (χ1) is 15.3. The highest BCUT2D eigenvalue weighted by atomic mass is 79.9. The third kappa shape index (κ3) is 6.82. The third-order valence-corrected chi connectivity index (χ3v) is 5.45. The molecule has 0 aromatic heterocycles. The van der Waals surface area contributed by atoms with Gasteiger partial charge in [0.25, 0.3) is 11.8 Å². The second-order valence-electron chi connectivity index (χ2n) is 6.71. The molecule has 0 radical (unpaired) electrons. The van der Waals surface area contributed by atoms with Crippen molar-refractivity contribution < 1.29 is 14.3 Å². The number of hydrogen-bond acceptors (Lipinski definition) is 4. The Bertz CT molecular complexity index is 1170. The van der Waals surface area contributed by atoms with E-state index in [4.69, 9.17) is 27.9 Å². The maximum Gasteiger partial charge on any atom is 0.271 e. The first-order valence-corrected chi connectivity index (χ1v) is 10.9. The van der Waals surface area contributed by atoms with Crippen molar-refractivity contribution in [3.8, 4) is 5.75 Å².